The molecule has 0 aliphatic carbocycles. The number of sulfonamides is 1. The van der Waals surface area contributed by atoms with Gasteiger partial charge in [-0.05, 0) is 54.6 Å². The average molecular weight is 398 g/mol. The Kier molecular flexibility index (Phi) is 5.09. The number of amides is 1. The second kappa shape index (κ2) is 7.67. The highest BCUT2D eigenvalue weighted by molar-refractivity contribution is 7.93. The fraction of sp³-hybridized carbons (Fsp3) is 0.286. The van der Waals surface area contributed by atoms with Crippen molar-refractivity contribution in [2.45, 2.75) is 19.4 Å². The number of aryl methyl sites for hydroxylation is 1. The summed E-state index contributed by atoms with van der Waals surface area (Å²) in [5, 5.41) is 4.15. The number of fused-ring (bicyclic) bond motifs is 1. The highest BCUT2D eigenvalue weighted by Crippen LogP contribution is 2.24. The monoisotopic (exact) mass is 397 g/mol. The smallest absolute Gasteiger partial charge is 0.251 e. The van der Waals surface area contributed by atoms with Crippen LogP contribution >= 0.6 is 0 Å². The molecule has 0 atom stereocenters. The normalized spacial score (nSPS) is 15.8. The zero-order valence-electron chi connectivity index (χ0n) is 15.5. The van der Waals surface area contributed by atoms with Crippen molar-refractivity contribution in [2.75, 3.05) is 23.1 Å². The van der Waals surface area contributed by atoms with Gasteiger partial charge < -0.3 is 9.88 Å². The third-order valence-corrected chi connectivity index (χ3v) is 6.93. The first kappa shape index (κ1) is 18.6. The lowest BCUT2D eigenvalue weighted by molar-refractivity contribution is 0.0953. The van der Waals surface area contributed by atoms with Crippen molar-refractivity contribution in [3.05, 3.63) is 66.4 Å². The van der Waals surface area contributed by atoms with E-state index in [1.54, 1.807) is 24.3 Å². The van der Waals surface area contributed by atoms with E-state index in [-0.39, 0.29) is 11.7 Å². The number of carbonyl (C=O) groups excluding carboxylic acids is 1. The fourth-order valence-corrected chi connectivity index (χ4v) is 5.16. The Labute approximate surface area is 164 Å². The maximum Gasteiger partial charge on any atom is 0.251 e. The van der Waals surface area contributed by atoms with Crippen LogP contribution in [0.2, 0.25) is 0 Å². The van der Waals surface area contributed by atoms with Gasteiger partial charge in [0, 0.05) is 36.9 Å². The van der Waals surface area contributed by atoms with E-state index in [0.29, 0.717) is 30.8 Å². The Bertz CT molecular complexity index is 1090. The van der Waals surface area contributed by atoms with Gasteiger partial charge in [-0.25, -0.2) is 8.42 Å². The molecule has 0 saturated carbocycles. The van der Waals surface area contributed by atoms with Gasteiger partial charge in [0.05, 0.1) is 11.4 Å². The minimum Gasteiger partial charge on any atom is -0.352 e. The highest BCUT2D eigenvalue weighted by Gasteiger charge is 2.28. The van der Waals surface area contributed by atoms with Crippen LogP contribution in [-0.2, 0) is 16.6 Å². The molecule has 6 nitrogen and oxygen atoms in total. The number of nitrogens with zero attached hydrogens (tertiary/aromatic N) is 2. The van der Waals surface area contributed by atoms with Crippen molar-refractivity contribution in [1.29, 1.82) is 0 Å². The van der Waals surface area contributed by atoms with Crippen LogP contribution in [0.25, 0.3) is 10.9 Å². The number of benzene rings is 2. The van der Waals surface area contributed by atoms with Gasteiger partial charge in [-0.15, -0.1) is 0 Å². The Morgan fingerprint density at radius 3 is 2.57 bits per heavy atom. The standard InChI is InChI=1S/C21H23N3O3S/c25-21(18-7-9-19(10-8-18)24-14-4-16-28(24,26)27)22-12-3-13-23-15-11-17-5-1-2-6-20(17)23/h1-2,5-11,15H,3-4,12-14,16H2,(H,22,25). The van der Waals surface area contributed by atoms with Crippen LogP contribution in [-0.4, -0.2) is 37.7 Å². The van der Waals surface area contributed by atoms with Crippen molar-refractivity contribution < 1.29 is 13.2 Å². The summed E-state index contributed by atoms with van der Waals surface area (Å²) in [6.45, 7) is 1.91. The van der Waals surface area contributed by atoms with Crippen molar-refractivity contribution in [3.8, 4) is 0 Å². The molecule has 28 heavy (non-hydrogen) atoms. The number of para-hydroxylation sites is 1. The SMILES string of the molecule is O=C(NCCCn1ccc2ccccc21)c1ccc(N2CCCS2(=O)=O)cc1. The molecule has 7 heteroatoms. The molecule has 1 N–H and O–H groups in total. The van der Waals surface area contributed by atoms with Gasteiger partial charge in [-0.1, -0.05) is 18.2 Å². The molecule has 0 unspecified atom stereocenters. The quantitative estimate of drug-likeness (QED) is 0.650. The fourth-order valence-electron chi connectivity index (χ4n) is 3.60. The van der Waals surface area contributed by atoms with Gasteiger partial charge >= 0.3 is 0 Å². The van der Waals surface area contributed by atoms with Gasteiger partial charge in [0.2, 0.25) is 10.0 Å². The molecular formula is C21H23N3O3S. The predicted octanol–water partition coefficient (Wildman–Crippen LogP) is 3.00. The van der Waals surface area contributed by atoms with E-state index in [0.717, 1.165) is 13.0 Å². The summed E-state index contributed by atoms with van der Waals surface area (Å²) in [6, 6.07) is 17.1. The molecular weight excluding hydrogens is 374 g/mol. The van der Waals surface area contributed by atoms with E-state index in [1.165, 1.54) is 15.2 Å². The summed E-state index contributed by atoms with van der Waals surface area (Å²) in [6.07, 6.45) is 3.54. The Morgan fingerprint density at radius 1 is 1.04 bits per heavy atom. The average Bonchev–Trinajstić information content (AvgIpc) is 3.28. The van der Waals surface area contributed by atoms with Gasteiger partial charge in [-0.3, -0.25) is 9.10 Å². The maximum absolute atomic E-state index is 12.3. The lowest BCUT2D eigenvalue weighted by Gasteiger charge is -2.17. The first-order valence-electron chi connectivity index (χ1n) is 9.47. The third-order valence-electron chi connectivity index (χ3n) is 5.06. The van der Waals surface area contributed by atoms with Crippen LogP contribution in [0.1, 0.15) is 23.2 Å². The number of hydrogen-bond donors (Lipinski definition) is 1. The molecule has 2 aromatic carbocycles. The number of hydrogen-bond acceptors (Lipinski definition) is 3. The lowest BCUT2D eigenvalue weighted by Crippen LogP contribution is -2.26. The number of anilines is 1. The van der Waals surface area contributed by atoms with E-state index in [4.69, 9.17) is 0 Å². The molecule has 0 bridgehead atoms. The minimum atomic E-state index is -3.20. The first-order valence-corrected chi connectivity index (χ1v) is 11.1. The van der Waals surface area contributed by atoms with E-state index in [2.05, 4.69) is 34.3 Å². The molecule has 1 aliphatic heterocycles. The Balaban J connectivity index is 1.30. The topological polar surface area (TPSA) is 71.4 Å². The molecule has 1 aliphatic rings. The molecule has 1 aromatic heterocycles. The van der Waals surface area contributed by atoms with Crippen LogP contribution in [0.15, 0.2) is 60.8 Å². The molecule has 0 radical (unpaired) electrons. The summed E-state index contributed by atoms with van der Waals surface area (Å²) in [5.74, 6) is 0.0412. The molecule has 3 aromatic rings. The number of rotatable bonds is 6. The minimum absolute atomic E-state index is 0.145. The molecule has 1 saturated heterocycles. The second-order valence-electron chi connectivity index (χ2n) is 6.97. The molecule has 4 rings (SSSR count). The number of aromatic nitrogens is 1. The van der Waals surface area contributed by atoms with Gasteiger partial charge in [0.25, 0.3) is 5.91 Å². The van der Waals surface area contributed by atoms with Gasteiger partial charge in [0.1, 0.15) is 0 Å². The molecule has 146 valence electrons. The largest absolute Gasteiger partial charge is 0.352 e. The van der Waals surface area contributed by atoms with Crippen molar-refractivity contribution in [3.63, 3.8) is 0 Å². The predicted molar refractivity (Wildman–Crippen MR) is 111 cm³/mol. The van der Waals surface area contributed by atoms with Crippen molar-refractivity contribution in [2.24, 2.45) is 0 Å². The lowest BCUT2D eigenvalue weighted by atomic mass is 10.2. The third kappa shape index (κ3) is 3.75. The number of nitrogens with one attached hydrogen (secondary N) is 1. The Morgan fingerprint density at radius 2 is 1.82 bits per heavy atom. The summed E-state index contributed by atoms with van der Waals surface area (Å²) >= 11 is 0. The summed E-state index contributed by atoms with van der Waals surface area (Å²) < 4.78 is 27.6. The highest BCUT2D eigenvalue weighted by atomic mass is 32.2. The van der Waals surface area contributed by atoms with Crippen LogP contribution in [0.4, 0.5) is 5.69 Å². The van der Waals surface area contributed by atoms with Crippen molar-refractivity contribution in [1.82, 2.24) is 9.88 Å². The van der Waals surface area contributed by atoms with E-state index < -0.39 is 10.0 Å². The molecule has 1 amide bonds. The summed E-state index contributed by atoms with van der Waals surface area (Å²) in [5.41, 5.74) is 2.35. The summed E-state index contributed by atoms with van der Waals surface area (Å²) in [7, 11) is -3.20. The van der Waals surface area contributed by atoms with Crippen LogP contribution in [0.5, 0.6) is 0 Å². The van der Waals surface area contributed by atoms with Crippen LogP contribution in [0, 0.1) is 0 Å². The second-order valence-corrected chi connectivity index (χ2v) is 8.98. The van der Waals surface area contributed by atoms with Crippen molar-refractivity contribution >= 4 is 32.5 Å². The zero-order valence-corrected chi connectivity index (χ0v) is 16.4. The first-order chi connectivity index (χ1) is 13.5. The maximum atomic E-state index is 12.3. The molecule has 1 fully saturated rings. The van der Waals surface area contributed by atoms with E-state index in [1.807, 2.05) is 12.1 Å². The van der Waals surface area contributed by atoms with Crippen LogP contribution in [0.3, 0.4) is 0 Å². The molecule has 0 spiro atoms. The number of carbonyl (C=O) groups is 1. The van der Waals surface area contributed by atoms with Crippen LogP contribution < -0.4 is 9.62 Å². The van der Waals surface area contributed by atoms with E-state index in [9.17, 15) is 13.2 Å². The summed E-state index contributed by atoms with van der Waals surface area (Å²) in [4.78, 5) is 12.3. The Hall–Kier alpha value is -2.80. The zero-order chi connectivity index (χ0) is 19.6. The van der Waals surface area contributed by atoms with Gasteiger partial charge in [-0.2, -0.15) is 0 Å². The molecule has 2 heterocycles. The van der Waals surface area contributed by atoms with Gasteiger partial charge in [0.15, 0.2) is 0 Å². The van der Waals surface area contributed by atoms with E-state index >= 15 is 0 Å².